The molecule has 0 saturated heterocycles. The van der Waals surface area contributed by atoms with E-state index < -0.39 is 21.8 Å². The first kappa shape index (κ1) is 13.0. The third-order valence-electron chi connectivity index (χ3n) is 2.91. The van der Waals surface area contributed by atoms with Gasteiger partial charge in [0.05, 0.1) is 5.56 Å². The van der Waals surface area contributed by atoms with Crippen molar-refractivity contribution in [3.05, 3.63) is 34.9 Å². The van der Waals surface area contributed by atoms with Crippen LogP contribution in [0, 0.1) is 0 Å². The van der Waals surface area contributed by atoms with Gasteiger partial charge in [-0.2, -0.15) is 8.42 Å². The standard InChI is InChI=1S/C12H14O5S/c13-12(17-6-7-18(14,15)16)11-5-4-9-2-1-3-10(9)8-11/h4-5,8H,1-3,6-7H2,(H,14,15,16). The fourth-order valence-electron chi connectivity index (χ4n) is 2.02. The molecule has 0 amide bonds. The molecule has 18 heavy (non-hydrogen) atoms. The molecule has 0 bridgehead atoms. The van der Waals surface area contributed by atoms with E-state index in [0.29, 0.717) is 5.56 Å². The average Bonchev–Trinajstić information content (AvgIpc) is 2.73. The van der Waals surface area contributed by atoms with Crippen LogP contribution < -0.4 is 0 Å². The van der Waals surface area contributed by atoms with Gasteiger partial charge in [0.2, 0.25) is 0 Å². The molecule has 0 saturated carbocycles. The van der Waals surface area contributed by atoms with Crippen LogP contribution in [0.2, 0.25) is 0 Å². The van der Waals surface area contributed by atoms with Crippen molar-refractivity contribution < 1.29 is 22.5 Å². The molecular weight excluding hydrogens is 256 g/mol. The van der Waals surface area contributed by atoms with Crippen LogP contribution in [0.3, 0.4) is 0 Å². The molecule has 0 atom stereocenters. The number of esters is 1. The van der Waals surface area contributed by atoms with Crippen molar-refractivity contribution in [2.75, 3.05) is 12.4 Å². The van der Waals surface area contributed by atoms with Gasteiger partial charge in [-0.1, -0.05) is 6.07 Å². The third-order valence-corrected chi connectivity index (χ3v) is 3.59. The van der Waals surface area contributed by atoms with Gasteiger partial charge in [-0.15, -0.1) is 0 Å². The predicted octanol–water partition coefficient (Wildman–Crippen LogP) is 1.22. The molecule has 98 valence electrons. The zero-order valence-electron chi connectivity index (χ0n) is 9.76. The highest BCUT2D eigenvalue weighted by atomic mass is 32.2. The smallest absolute Gasteiger partial charge is 0.338 e. The van der Waals surface area contributed by atoms with Crippen molar-refractivity contribution in [1.82, 2.24) is 0 Å². The van der Waals surface area contributed by atoms with Crippen molar-refractivity contribution in [3.8, 4) is 0 Å². The van der Waals surface area contributed by atoms with Crippen molar-refractivity contribution in [2.24, 2.45) is 0 Å². The number of hydrogen-bond donors (Lipinski definition) is 1. The maximum atomic E-state index is 11.6. The van der Waals surface area contributed by atoms with Crippen LogP contribution >= 0.6 is 0 Å². The van der Waals surface area contributed by atoms with Gasteiger partial charge in [0.15, 0.2) is 0 Å². The average molecular weight is 270 g/mol. The van der Waals surface area contributed by atoms with E-state index in [9.17, 15) is 13.2 Å². The van der Waals surface area contributed by atoms with Gasteiger partial charge in [-0.25, -0.2) is 4.79 Å². The number of fused-ring (bicyclic) bond motifs is 1. The first-order valence-electron chi connectivity index (χ1n) is 5.70. The highest BCUT2D eigenvalue weighted by molar-refractivity contribution is 7.85. The monoisotopic (exact) mass is 270 g/mol. The summed E-state index contributed by atoms with van der Waals surface area (Å²) >= 11 is 0. The van der Waals surface area contributed by atoms with Gasteiger partial charge in [0, 0.05) is 0 Å². The van der Waals surface area contributed by atoms with Crippen LogP contribution in [0.1, 0.15) is 27.9 Å². The summed E-state index contributed by atoms with van der Waals surface area (Å²) in [5.41, 5.74) is 2.83. The zero-order valence-corrected chi connectivity index (χ0v) is 10.6. The van der Waals surface area contributed by atoms with E-state index in [-0.39, 0.29) is 6.61 Å². The van der Waals surface area contributed by atoms with Crippen LogP contribution in [-0.2, 0) is 27.7 Å². The van der Waals surface area contributed by atoms with E-state index in [1.54, 1.807) is 12.1 Å². The van der Waals surface area contributed by atoms with Crippen LogP contribution in [0.4, 0.5) is 0 Å². The molecule has 1 aromatic rings. The Morgan fingerprint density at radius 3 is 2.72 bits per heavy atom. The van der Waals surface area contributed by atoms with Gasteiger partial charge < -0.3 is 4.74 Å². The Morgan fingerprint density at radius 2 is 2.00 bits per heavy atom. The van der Waals surface area contributed by atoms with Gasteiger partial charge in [-0.3, -0.25) is 4.55 Å². The van der Waals surface area contributed by atoms with Gasteiger partial charge in [0.25, 0.3) is 10.1 Å². The number of hydrogen-bond acceptors (Lipinski definition) is 4. The van der Waals surface area contributed by atoms with Crippen LogP contribution in [0.25, 0.3) is 0 Å². The normalized spacial score (nSPS) is 14.3. The minimum Gasteiger partial charge on any atom is -0.461 e. The molecule has 1 aliphatic rings. The molecule has 0 unspecified atom stereocenters. The minimum atomic E-state index is -4.09. The van der Waals surface area contributed by atoms with Crippen molar-refractivity contribution in [1.29, 1.82) is 0 Å². The highest BCUT2D eigenvalue weighted by Crippen LogP contribution is 2.23. The van der Waals surface area contributed by atoms with E-state index >= 15 is 0 Å². The number of benzene rings is 1. The summed E-state index contributed by atoms with van der Waals surface area (Å²) in [5.74, 6) is -1.14. The Labute approximate surface area is 106 Å². The first-order chi connectivity index (χ1) is 8.46. The van der Waals surface area contributed by atoms with Gasteiger partial charge in [0.1, 0.15) is 12.4 Å². The summed E-state index contributed by atoms with van der Waals surface area (Å²) in [6.45, 7) is -0.339. The Bertz CT molecular complexity index is 562. The summed E-state index contributed by atoms with van der Waals surface area (Å²) in [6.07, 6.45) is 3.09. The number of ether oxygens (including phenoxy) is 1. The lowest BCUT2D eigenvalue weighted by Crippen LogP contribution is -2.14. The molecule has 0 fully saturated rings. The number of rotatable bonds is 4. The lowest BCUT2D eigenvalue weighted by Gasteiger charge is -2.05. The molecule has 0 heterocycles. The van der Waals surface area contributed by atoms with Crippen molar-refractivity contribution >= 4 is 16.1 Å². The van der Waals surface area contributed by atoms with Crippen molar-refractivity contribution in [2.45, 2.75) is 19.3 Å². The minimum absolute atomic E-state index is 0.339. The Kier molecular flexibility index (Phi) is 3.68. The lowest BCUT2D eigenvalue weighted by molar-refractivity contribution is 0.0528. The maximum Gasteiger partial charge on any atom is 0.338 e. The van der Waals surface area contributed by atoms with E-state index in [4.69, 9.17) is 9.29 Å². The predicted molar refractivity (Wildman–Crippen MR) is 65.2 cm³/mol. The van der Waals surface area contributed by atoms with E-state index in [1.165, 1.54) is 5.56 Å². The second-order valence-corrected chi connectivity index (χ2v) is 5.83. The Hall–Kier alpha value is -1.40. The molecule has 2 rings (SSSR count). The Balaban J connectivity index is 1.97. The van der Waals surface area contributed by atoms with Crippen LogP contribution in [-0.4, -0.2) is 31.3 Å². The van der Waals surface area contributed by atoms with E-state index in [2.05, 4.69) is 0 Å². The van der Waals surface area contributed by atoms with Gasteiger partial charge >= 0.3 is 5.97 Å². The molecule has 0 radical (unpaired) electrons. The molecule has 0 aromatic heterocycles. The lowest BCUT2D eigenvalue weighted by atomic mass is 10.1. The van der Waals surface area contributed by atoms with E-state index in [1.807, 2.05) is 6.07 Å². The number of aryl methyl sites for hydroxylation is 2. The second kappa shape index (κ2) is 5.07. The quantitative estimate of drug-likeness (QED) is 0.657. The zero-order chi connectivity index (χ0) is 13.2. The molecular formula is C12H14O5S. The summed E-state index contributed by atoms with van der Waals surface area (Å²) in [5, 5.41) is 0. The Morgan fingerprint density at radius 1 is 1.28 bits per heavy atom. The summed E-state index contributed by atoms with van der Waals surface area (Å²) in [6, 6.07) is 5.37. The first-order valence-corrected chi connectivity index (χ1v) is 7.31. The maximum absolute atomic E-state index is 11.6. The fraction of sp³-hybridized carbons (Fsp3) is 0.417. The molecule has 1 aromatic carbocycles. The summed E-state index contributed by atoms with van der Waals surface area (Å²) < 4.78 is 34.2. The number of carbonyl (C=O) groups excluding carboxylic acids is 1. The summed E-state index contributed by atoms with van der Waals surface area (Å²) in [4.78, 5) is 11.6. The van der Waals surface area contributed by atoms with Gasteiger partial charge in [-0.05, 0) is 42.5 Å². The topological polar surface area (TPSA) is 80.7 Å². The molecule has 6 heteroatoms. The molecule has 0 spiro atoms. The van der Waals surface area contributed by atoms with Crippen LogP contribution in [0.15, 0.2) is 18.2 Å². The third kappa shape index (κ3) is 3.30. The molecule has 1 aliphatic carbocycles. The van der Waals surface area contributed by atoms with Crippen molar-refractivity contribution in [3.63, 3.8) is 0 Å². The number of carbonyl (C=O) groups is 1. The largest absolute Gasteiger partial charge is 0.461 e. The summed E-state index contributed by atoms with van der Waals surface area (Å²) in [7, 11) is -4.09. The molecule has 0 aliphatic heterocycles. The van der Waals surface area contributed by atoms with Crippen LogP contribution in [0.5, 0.6) is 0 Å². The molecule has 1 N–H and O–H groups in total. The highest BCUT2D eigenvalue weighted by Gasteiger charge is 2.15. The molecule has 5 nitrogen and oxygen atoms in total. The van der Waals surface area contributed by atoms with E-state index in [0.717, 1.165) is 24.8 Å². The second-order valence-electron chi connectivity index (χ2n) is 4.26. The fourth-order valence-corrected chi connectivity index (χ4v) is 2.32. The SMILES string of the molecule is O=C(OCCS(=O)(=O)O)c1ccc2c(c1)CCC2.